The van der Waals surface area contributed by atoms with Crippen LogP contribution in [0.1, 0.15) is 10.5 Å². The second kappa shape index (κ2) is 5.04. The van der Waals surface area contributed by atoms with Crippen LogP contribution in [0.25, 0.3) is 10.6 Å². The van der Waals surface area contributed by atoms with Crippen LogP contribution in [0, 0.1) is 0 Å². The molecule has 0 unspecified atom stereocenters. The summed E-state index contributed by atoms with van der Waals surface area (Å²) in [4.78, 5) is 14.9. The predicted octanol–water partition coefficient (Wildman–Crippen LogP) is 3.94. The van der Waals surface area contributed by atoms with E-state index in [1.165, 1.54) is 18.4 Å². The number of hydrogen-bond acceptors (Lipinski definition) is 4. The molecule has 17 heavy (non-hydrogen) atoms. The third-order valence-corrected chi connectivity index (χ3v) is 3.90. The molecule has 1 aromatic heterocycles. The van der Waals surface area contributed by atoms with Crippen LogP contribution in [0.4, 0.5) is 0 Å². The Morgan fingerprint density at radius 3 is 2.65 bits per heavy atom. The second-order valence-corrected chi connectivity index (χ2v) is 4.92. The van der Waals surface area contributed by atoms with Gasteiger partial charge in [0, 0.05) is 5.56 Å². The van der Waals surface area contributed by atoms with Crippen molar-refractivity contribution in [2.24, 2.45) is 0 Å². The second-order valence-electron chi connectivity index (χ2n) is 3.14. The smallest absolute Gasteiger partial charge is 0.205 e. The Morgan fingerprint density at radius 1 is 1.35 bits per heavy atom. The van der Waals surface area contributed by atoms with Crippen LogP contribution in [0.5, 0.6) is 5.06 Å². The van der Waals surface area contributed by atoms with Gasteiger partial charge in [0.1, 0.15) is 5.01 Å². The fourth-order valence-electron chi connectivity index (χ4n) is 1.29. The Balaban J connectivity index is 2.49. The van der Waals surface area contributed by atoms with Crippen molar-refractivity contribution in [2.45, 2.75) is 0 Å². The first-order valence-corrected chi connectivity index (χ1v) is 6.18. The first kappa shape index (κ1) is 12.4. The van der Waals surface area contributed by atoms with Crippen LogP contribution in [0.15, 0.2) is 18.2 Å². The van der Waals surface area contributed by atoms with Gasteiger partial charge in [0.05, 0.1) is 17.2 Å². The summed E-state index contributed by atoms with van der Waals surface area (Å²) < 4.78 is 5.06. The Kier molecular flexibility index (Phi) is 3.66. The summed E-state index contributed by atoms with van der Waals surface area (Å²) in [7, 11) is 1.50. The standard InChI is InChI=1S/C11H7Cl2NO2S/c1-16-11-9(5-15)14-10(17-11)6-2-3-7(12)8(13)4-6/h2-5H,1H3. The number of methoxy groups -OCH3 is 1. The van der Waals surface area contributed by atoms with Gasteiger partial charge < -0.3 is 4.74 Å². The number of carbonyl (C=O) groups is 1. The van der Waals surface area contributed by atoms with Crippen molar-refractivity contribution in [3.8, 4) is 15.6 Å². The highest BCUT2D eigenvalue weighted by molar-refractivity contribution is 7.17. The van der Waals surface area contributed by atoms with Gasteiger partial charge in [0.2, 0.25) is 5.06 Å². The minimum absolute atomic E-state index is 0.290. The lowest BCUT2D eigenvalue weighted by Crippen LogP contribution is -1.85. The normalized spacial score (nSPS) is 10.3. The summed E-state index contributed by atoms with van der Waals surface area (Å²) in [5.41, 5.74) is 1.09. The Morgan fingerprint density at radius 2 is 2.12 bits per heavy atom. The van der Waals surface area contributed by atoms with Crippen molar-refractivity contribution in [2.75, 3.05) is 7.11 Å². The summed E-state index contributed by atoms with van der Waals surface area (Å²) in [6, 6.07) is 5.19. The number of aromatic nitrogens is 1. The Bertz CT molecular complexity index is 569. The van der Waals surface area contributed by atoms with Crippen molar-refractivity contribution in [3.63, 3.8) is 0 Å². The van der Waals surface area contributed by atoms with Crippen LogP contribution in [-0.2, 0) is 0 Å². The highest BCUT2D eigenvalue weighted by Crippen LogP contribution is 2.35. The zero-order chi connectivity index (χ0) is 12.4. The van der Waals surface area contributed by atoms with Crippen molar-refractivity contribution < 1.29 is 9.53 Å². The molecule has 1 heterocycles. The summed E-state index contributed by atoms with van der Waals surface area (Å²) in [6.45, 7) is 0. The Labute approximate surface area is 112 Å². The first-order valence-electron chi connectivity index (χ1n) is 4.61. The molecule has 2 aromatic rings. The summed E-state index contributed by atoms with van der Waals surface area (Å²) in [5.74, 6) is 0. The molecule has 0 N–H and O–H groups in total. The van der Waals surface area contributed by atoms with E-state index in [0.717, 1.165) is 5.56 Å². The first-order chi connectivity index (χ1) is 8.15. The van der Waals surface area contributed by atoms with E-state index < -0.39 is 0 Å². The molecule has 0 saturated heterocycles. The van der Waals surface area contributed by atoms with Gasteiger partial charge in [-0.15, -0.1) is 0 Å². The molecule has 0 bridgehead atoms. The van der Waals surface area contributed by atoms with Gasteiger partial charge >= 0.3 is 0 Å². The molecular weight excluding hydrogens is 281 g/mol. The van der Waals surface area contributed by atoms with Crippen LogP contribution >= 0.6 is 34.5 Å². The van der Waals surface area contributed by atoms with Crippen molar-refractivity contribution in [3.05, 3.63) is 33.9 Å². The molecule has 1 aromatic carbocycles. The molecule has 0 atom stereocenters. The number of aldehydes is 1. The fourth-order valence-corrected chi connectivity index (χ4v) is 2.44. The lowest BCUT2D eigenvalue weighted by Gasteiger charge is -1.98. The minimum Gasteiger partial charge on any atom is -0.486 e. The highest BCUT2D eigenvalue weighted by atomic mass is 35.5. The van der Waals surface area contributed by atoms with E-state index in [0.29, 0.717) is 32.1 Å². The number of hydrogen-bond donors (Lipinski definition) is 0. The van der Waals surface area contributed by atoms with Gasteiger partial charge in [-0.2, -0.15) is 0 Å². The number of carbonyl (C=O) groups excluding carboxylic acids is 1. The van der Waals surface area contributed by atoms with Crippen LogP contribution in [0.3, 0.4) is 0 Å². The third kappa shape index (κ3) is 2.44. The quantitative estimate of drug-likeness (QED) is 0.803. The van der Waals surface area contributed by atoms with Crippen LogP contribution in [0.2, 0.25) is 10.0 Å². The number of benzene rings is 1. The third-order valence-electron chi connectivity index (χ3n) is 2.08. The molecule has 0 radical (unpaired) electrons. The van der Waals surface area contributed by atoms with E-state index in [9.17, 15) is 4.79 Å². The summed E-state index contributed by atoms with van der Waals surface area (Å²) in [6.07, 6.45) is 0.663. The molecule has 0 saturated carbocycles. The monoisotopic (exact) mass is 287 g/mol. The van der Waals surface area contributed by atoms with Crippen LogP contribution in [-0.4, -0.2) is 18.4 Å². The van der Waals surface area contributed by atoms with E-state index in [1.807, 2.05) is 0 Å². The number of nitrogens with zero attached hydrogens (tertiary/aromatic N) is 1. The SMILES string of the molecule is COc1sc(-c2ccc(Cl)c(Cl)c2)nc1C=O. The van der Waals surface area contributed by atoms with Crippen molar-refractivity contribution in [1.82, 2.24) is 4.98 Å². The number of thiazole rings is 1. The molecule has 0 aliphatic heterocycles. The number of halogens is 2. The molecular formula is C11H7Cl2NO2S. The number of ether oxygens (including phenoxy) is 1. The Hall–Kier alpha value is -1.10. The average Bonchev–Trinajstić information content (AvgIpc) is 2.75. The molecule has 0 aliphatic rings. The molecule has 0 fully saturated rings. The number of rotatable bonds is 3. The van der Waals surface area contributed by atoms with Gasteiger partial charge in [-0.25, -0.2) is 4.98 Å². The average molecular weight is 288 g/mol. The molecule has 0 amide bonds. The molecule has 0 aliphatic carbocycles. The lowest BCUT2D eigenvalue weighted by molar-refractivity contribution is 0.111. The largest absolute Gasteiger partial charge is 0.486 e. The summed E-state index contributed by atoms with van der Waals surface area (Å²) in [5, 5.41) is 2.09. The maximum absolute atomic E-state index is 10.8. The lowest BCUT2D eigenvalue weighted by atomic mass is 10.2. The summed E-state index contributed by atoms with van der Waals surface area (Å²) >= 11 is 13.0. The van der Waals surface area contributed by atoms with Gasteiger partial charge in [-0.3, -0.25) is 4.79 Å². The topological polar surface area (TPSA) is 39.2 Å². The fraction of sp³-hybridized carbons (Fsp3) is 0.0909. The molecule has 0 spiro atoms. The maximum Gasteiger partial charge on any atom is 0.205 e. The molecule has 2 rings (SSSR count). The molecule has 6 heteroatoms. The van der Waals surface area contributed by atoms with Gasteiger partial charge in [-0.05, 0) is 12.1 Å². The zero-order valence-corrected chi connectivity index (χ0v) is 11.1. The molecule has 3 nitrogen and oxygen atoms in total. The van der Waals surface area contributed by atoms with Crippen LogP contribution < -0.4 is 4.74 Å². The zero-order valence-electron chi connectivity index (χ0n) is 8.74. The predicted molar refractivity (Wildman–Crippen MR) is 69.5 cm³/mol. The van der Waals surface area contributed by atoms with Gasteiger partial charge in [0.15, 0.2) is 12.0 Å². The maximum atomic E-state index is 10.8. The van der Waals surface area contributed by atoms with E-state index in [4.69, 9.17) is 27.9 Å². The van der Waals surface area contributed by atoms with E-state index >= 15 is 0 Å². The van der Waals surface area contributed by atoms with Crippen molar-refractivity contribution in [1.29, 1.82) is 0 Å². The van der Waals surface area contributed by atoms with Gasteiger partial charge in [0.25, 0.3) is 0 Å². The highest BCUT2D eigenvalue weighted by Gasteiger charge is 2.13. The molecule has 88 valence electrons. The van der Waals surface area contributed by atoms with Crippen molar-refractivity contribution >= 4 is 40.8 Å². The van der Waals surface area contributed by atoms with E-state index in [2.05, 4.69) is 4.98 Å². The van der Waals surface area contributed by atoms with E-state index in [1.54, 1.807) is 18.2 Å². The minimum atomic E-state index is 0.290. The van der Waals surface area contributed by atoms with Gasteiger partial charge in [-0.1, -0.05) is 40.6 Å². The van der Waals surface area contributed by atoms with E-state index in [-0.39, 0.29) is 0 Å².